The van der Waals surface area contributed by atoms with Crippen molar-refractivity contribution >= 4 is 24.8 Å². The highest BCUT2D eigenvalue weighted by Crippen LogP contribution is 2.20. The van der Waals surface area contributed by atoms with Crippen molar-refractivity contribution in [3.8, 4) is 5.75 Å². The molecule has 0 aromatic heterocycles. The zero-order valence-corrected chi connectivity index (χ0v) is 15.7. The molecule has 134 valence electrons. The van der Waals surface area contributed by atoms with Gasteiger partial charge in [0.2, 0.25) is 0 Å². The standard InChI is InChI=1S/C17H27FN2O.2ClH/c1-19(2)10-7-15-8-11-20(12-9-15)13-14-21-17-5-3-16(18)4-6-17;;/h3-6,15H,7-14H2,1-2H3;2*1H. The average molecular weight is 367 g/mol. The fourth-order valence-electron chi connectivity index (χ4n) is 2.76. The third-order valence-corrected chi connectivity index (χ3v) is 4.18. The number of piperidine rings is 1. The van der Waals surface area contributed by atoms with Gasteiger partial charge in [0.05, 0.1) is 0 Å². The minimum atomic E-state index is -0.220. The SMILES string of the molecule is CN(C)CCC1CCN(CCOc2ccc(F)cc2)CC1.Cl.Cl. The fourth-order valence-corrected chi connectivity index (χ4v) is 2.76. The van der Waals surface area contributed by atoms with Crippen molar-refractivity contribution in [1.29, 1.82) is 0 Å². The molecule has 1 aliphatic heterocycles. The van der Waals surface area contributed by atoms with Crippen molar-refractivity contribution in [3.05, 3.63) is 30.1 Å². The van der Waals surface area contributed by atoms with Gasteiger partial charge in [0.15, 0.2) is 0 Å². The largest absolute Gasteiger partial charge is 0.492 e. The van der Waals surface area contributed by atoms with Crippen molar-refractivity contribution in [3.63, 3.8) is 0 Å². The van der Waals surface area contributed by atoms with Gasteiger partial charge in [0.25, 0.3) is 0 Å². The Bertz CT molecular complexity index is 410. The van der Waals surface area contributed by atoms with Crippen LogP contribution in [0, 0.1) is 11.7 Å². The number of hydrogen-bond donors (Lipinski definition) is 0. The zero-order valence-electron chi connectivity index (χ0n) is 14.0. The predicted octanol–water partition coefficient (Wildman–Crippen LogP) is 3.71. The van der Waals surface area contributed by atoms with Gasteiger partial charge in [-0.3, -0.25) is 4.90 Å². The molecule has 0 radical (unpaired) electrons. The van der Waals surface area contributed by atoms with Crippen molar-refractivity contribution in [2.45, 2.75) is 19.3 Å². The summed E-state index contributed by atoms with van der Waals surface area (Å²) >= 11 is 0. The summed E-state index contributed by atoms with van der Waals surface area (Å²) in [6.45, 7) is 5.17. The van der Waals surface area contributed by atoms with Crippen LogP contribution in [0.4, 0.5) is 4.39 Å². The molecule has 23 heavy (non-hydrogen) atoms. The number of ether oxygens (including phenoxy) is 1. The monoisotopic (exact) mass is 366 g/mol. The van der Waals surface area contributed by atoms with Gasteiger partial charge in [-0.1, -0.05) is 0 Å². The first-order chi connectivity index (χ1) is 10.1. The van der Waals surface area contributed by atoms with Crippen molar-refractivity contribution < 1.29 is 9.13 Å². The van der Waals surface area contributed by atoms with Gasteiger partial charge in [0, 0.05) is 6.54 Å². The van der Waals surface area contributed by atoms with Gasteiger partial charge in [-0.2, -0.15) is 0 Å². The predicted molar refractivity (Wildman–Crippen MR) is 98.7 cm³/mol. The molecule has 1 saturated heterocycles. The number of rotatable bonds is 7. The van der Waals surface area contributed by atoms with Crippen LogP contribution >= 0.6 is 24.8 Å². The molecule has 3 nitrogen and oxygen atoms in total. The Hall–Kier alpha value is -0.550. The molecular weight excluding hydrogens is 338 g/mol. The van der Waals surface area contributed by atoms with Gasteiger partial charge in [-0.05, 0) is 83.2 Å². The summed E-state index contributed by atoms with van der Waals surface area (Å²) in [5.74, 6) is 1.40. The van der Waals surface area contributed by atoms with Crippen LogP contribution in [0.2, 0.25) is 0 Å². The molecule has 1 aliphatic rings. The summed E-state index contributed by atoms with van der Waals surface area (Å²) < 4.78 is 18.4. The molecule has 0 N–H and O–H groups in total. The zero-order chi connectivity index (χ0) is 15.1. The minimum absolute atomic E-state index is 0. The molecule has 0 bridgehead atoms. The number of hydrogen-bond acceptors (Lipinski definition) is 3. The molecule has 0 spiro atoms. The second-order valence-corrected chi connectivity index (χ2v) is 6.18. The molecule has 0 amide bonds. The van der Waals surface area contributed by atoms with E-state index >= 15 is 0 Å². The van der Waals surface area contributed by atoms with Crippen LogP contribution in [0.1, 0.15) is 19.3 Å². The summed E-state index contributed by atoms with van der Waals surface area (Å²) in [6.07, 6.45) is 3.90. The summed E-state index contributed by atoms with van der Waals surface area (Å²) in [6, 6.07) is 6.24. The lowest BCUT2D eigenvalue weighted by Crippen LogP contribution is -2.37. The van der Waals surface area contributed by atoms with Crippen molar-refractivity contribution in [1.82, 2.24) is 9.80 Å². The first kappa shape index (κ1) is 22.4. The summed E-state index contributed by atoms with van der Waals surface area (Å²) in [7, 11) is 4.28. The van der Waals surface area contributed by atoms with Gasteiger partial charge in [-0.25, -0.2) is 4.39 Å². The summed E-state index contributed by atoms with van der Waals surface area (Å²) in [4.78, 5) is 4.73. The van der Waals surface area contributed by atoms with E-state index in [9.17, 15) is 4.39 Å². The Morgan fingerprint density at radius 3 is 2.30 bits per heavy atom. The Balaban J connectivity index is 0.00000242. The molecule has 0 aliphatic carbocycles. The Kier molecular flexibility index (Phi) is 11.6. The summed E-state index contributed by atoms with van der Waals surface area (Å²) in [5, 5.41) is 0. The van der Waals surface area contributed by atoms with Crippen LogP contribution in [0.5, 0.6) is 5.75 Å². The van der Waals surface area contributed by atoms with E-state index in [0.717, 1.165) is 18.2 Å². The van der Waals surface area contributed by atoms with E-state index in [0.29, 0.717) is 6.61 Å². The molecule has 0 saturated carbocycles. The van der Waals surface area contributed by atoms with Gasteiger partial charge in [-0.15, -0.1) is 24.8 Å². The number of benzene rings is 1. The smallest absolute Gasteiger partial charge is 0.123 e. The first-order valence-corrected chi connectivity index (χ1v) is 7.89. The van der Waals surface area contributed by atoms with Crippen LogP contribution < -0.4 is 4.74 Å². The van der Waals surface area contributed by atoms with Crippen LogP contribution in [0.15, 0.2) is 24.3 Å². The molecule has 0 atom stereocenters. The number of halogens is 3. The van der Waals surface area contributed by atoms with Gasteiger partial charge < -0.3 is 9.64 Å². The number of nitrogens with zero attached hydrogens (tertiary/aromatic N) is 2. The second-order valence-electron chi connectivity index (χ2n) is 6.18. The highest BCUT2D eigenvalue weighted by atomic mass is 35.5. The normalized spacial score (nSPS) is 15.8. The molecule has 1 aromatic rings. The molecular formula is C17H29Cl2FN2O. The Morgan fingerprint density at radius 1 is 1.13 bits per heavy atom. The highest BCUT2D eigenvalue weighted by molar-refractivity contribution is 5.85. The van der Waals surface area contributed by atoms with Crippen LogP contribution in [0.3, 0.4) is 0 Å². The molecule has 6 heteroatoms. The van der Waals surface area contributed by atoms with E-state index in [-0.39, 0.29) is 30.6 Å². The average Bonchev–Trinajstić information content (AvgIpc) is 2.48. The quantitative estimate of drug-likeness (QED) is 0.731. The lowest BCUT2D eigenvalue weighted by Gasteiger charge is -2.32. The van der Waals surface area contributed by atoms with E-state index < -0.39 is 0 Å². The second kappa shape index (κ2) is 11.9. The van der Waals surface area contributed by atoms with Crippen LogP contribution in [0.25, 0.3) is 0 Å². The molecule has 0 unspecified atom stereocenters. The van der Waals surface area contributed by atoms with E-state index in [1.54, 1.807) is 12.1 Å². The number of likely N-dealkylation sites (tertiary alicyclic amines) is 1. The third kappa shape index (κ3) is 8.75. The first-order valence-electron chi connectivity index (χ1n) is 7.89. The lowest BCUT2D eigenvalue weighted by atomic mass is 9.93. The van der Waals surface area contributed by atoms with Gasteiger partial charge >= 0.3 is 0 Å². The maximum atomic E-state index is 12.8. The highest BCUT2D eigenvalue weighted by Gasteiger charge is 2.18. The fraction of sp³-hybridized carbons (Fsp3) is 0.647. The molecule has 1 fully saturated rings. The molecule has 1 heterocycles. The Morgan fingerprint density at radius 2 is 1.74 bits per heavy atom. The molecule has 2 rings (SSSR count). The van der Waals surface area contributed by atoms with E-state index in [1.807, 2.05) is 0 Å². The van der Waals surface area contributed by atoms with Gasteiger partial charge in [0.1, 0.15) is 18.2 Å². The minimum Gasteiger partial charge on any atom is -0.492 e. The van der Waals surface area contributed by atoms with E-state index in [2.05, 4.69) is 23.9 Å². The van der Waals surface area contributed by atoms with E-state index in [1.165, 1.54) is 51.0 Å². The maximum Gasteiger partial charge on any atom is 0.123 e. The summed E-state index contributed by atoms with van der Waals surface area (Å²) in [5.41, 5.74) is 0. The maximum absolute atomic E-state index is 12.8. The third-order valence-electron chi connectivity index (χ3n) is 4.18. The van der Waals surface area contributed by atoms with E-state index in [4.69, 9.17) is 4.74 Å². The van der Waals surface area contributed by atoms with Crippen LogP contribution in [-0.4, -0.2) is 56.7 Å². The van der Waals surface area contributed by atoms with Crippen LogP contribution in [-0.2, 0) is 0 Å². The molecule has 1 aromatic carbocycles. The Labute approximate surface area is 152 Å². The van der Waals surface area contributed by atoms with Crippen molar-refractivity contribution in [2.75, 3.05) is 46.9 Å². The van der Waals surface area contributed by atoms with Crippen molar-refractivity contribution in [2.24, 2.45) is 5.92 Å². The topological polar surface area (TPSA) is 15.7 Å². The lowest BCUT2D eigenvalue weighted by molar-refractivity contribution is 0.147.